The summed E-state index contributed by atoms with van der Waals surface area (Å²) in [4.78, 5) is 25.4. The van der Waals surface area contributed by atoms with Crippen LogP contribution in [-0.2, 0) is 11.8 Å². The van der Waals surface area contributed by atoms with Crippen LogP contribution in [0, 0.1) is 18.3 Å². The fraction of sp³-hybridized carbons (Fsp3) is 0.364. The minimum Gasteiger partial charge on any atom is -0.378 e. The molecule has 0 bridgehead atoms. The molecular formula is C22H24N6O3. The third-order valence-corrected chi connectivity index (χ3v) is 5.67. The summed E-state index contributed by atoms with van der Waals surface area (Å²) in [6.07, 6.45) is 1.67. The first-order chi connectivity index (χ1) is 14.9. The fourth-order valence-corrected chi connectivity index (χ4v) is 3.94. The largest absolute Gasteiger partial charge is 0.378 e. The molecule has 0 radical (unpaired) electrons. The Morgan fingerprint density at radius 3 is 2.68 bits per heavy atom. The van der Waals surface area contributed by atoms with Gasteiger partial charge in [-0.05, 0) is 31.0 Å². The quantitative estimate of drug-likeness (QED) is 0.680. The van der Waals surface area contributed by atoms with E-state index in [4.69, 9.17) is 4.74 Å². The van der Waals surface area contributed by atoms with Gasteiger partial charge in [-0.25, -0.2) is 9.36 Å². The highest BCUT2D eigenvalue weighted by molar-refractivity contribution is 5.90. The van der Waals surface area contributed by atoms with Gasteiger partial charge >= 0.3 is 0 Å². The molecule has 4 rings (SSSR count). The monoisotopic (exact) mass is 420 g/mol. The van der Waals surface area contributed by atoms with Crippen molar-refractivity contribution in [2.45, 2.75) is 19.9 Å². The number of aromatic nitrogens is 3. The van der Waals surface area contributed by atoms with Crippen LogP contribution in [0.2, 0.25) is 0 Å². The van der Waals surface area contributed by atoms with Gasteiger partial charge in [0.05, 0.1) is 54.8 Å². The zero-order chi connectivity index (χ0) is 22.1. The average molecular weight is 420 g/mol. The molecule has 1 fully saturated rings. The van der Waals surface area contributed by atoms with Gasteiger partial charge in [0.15, 0.2) is 5.82 Å². The van der Waals surface area contributed by atoms with Gasteiger partial charge in [0.25, 0.3) is 11.1 Å². The molecule has 1 aliphatic rings. The number of morpholine rings is 1. The van der Waals surface area contributed by atoms with Crippen molar-refractivity contribution in [2.24, 2.45) is 7.05 Å². The van der Waals surface area contributed by atoms with Crippen LogP contribution < -0.4 is 21.4 Å². The number of hydrogen-bond donors (Lipinski definition) is 1. The van der Waals surface area contributed by atoms with E-state index in [1.54, 1.807) is 19.3 Å². The van der Waals surface area contributed by atoms with Gasteiger partial charge < -0.3 is 15.1 Å². The van der Waals surface area contributed by atoms with Crippen molar-refractivity contribution in [3.8, 4) is 6.07 Å². The number of aryl methyl sites for hydroxylation is 1. The first-order valence-electron chi connectivity index (χ1n) is 10.1. The van der Waals surface area contributed by atoms with Crippen molar-refractivity contribution in [1.29, 1.82) is 5.26 Å². The second-order valence-electron chi connectivity index (χ2n) is 7.62. The highest BCUT2D eigenvalue weighted by atomic mass is 16.5. The molecule has 1 saturated heterocycles. The minimum atomic E-state index is -0.331. The van der Waals surface area contributed by atoms with Crippen LogP contribution in [0.15, 0.2) is 40.1 Å². The molecule has 3 heterocycles. The standard InChI is InChI=1S/C22H24N6O3/c1-14-16(12-23)5-4-6-17(14)15(2)24-21-19-13-28(27-7-9-31-10-8-27)20(29)11-18(19)22(30)26(3)25-21/h4-6,11,13,15H,7-10H2,1-3H3,(H,24,25)/t15-/m0/s1. The first kappa shape index (κ1) is 20.6. The van der Waals surface area contributed by atoms with Crippen LogP contribution >= 0.6 is 0 Å². The summed E-state index contributed by atoms with van der Waals surface area (Å²) in [6, 6.07) is 8.99. The smallest absolute Gasteiger partial charge is 0.274 e. The van der Waals surface area contributed by atoms with Crippen molar-refractivity contribution < 1.29 is 4.74 Å². The molecule has 0 amide bonds. The molecule has 1 aliphatic heterocycles. The molecule has 1 aromatic carbocycles. The molecule has 3 aromatic rings. The van der Waals surface area contributed by atoms with Gasteiger partial charge in [-0.15, -0.1) is 0 Å². The maximum atomic E-state index is 12.7. The van der Waals surface area contributed by atoms with E-state index in [2.05, 4.69) is 16.5 Å². The maximum Gasteiger partial charge on any atom is 0.274 e. The van der Waals surface area contributed by atoms with Gasteiger partial charge in [-0.2, -0.15) is 10.4 Å². The number of anilines is 1. The van der Waals surface area contributed by atoms with E-state index >= 15 is 0 Å². The fourth-order valence-electron chi connectivity index (χ4n) is 3.94. The lowest BCUT2D eigenvalue weighted by Gasteiger charge is -2.30. The third-order valence-electron chi connectivity index (χ3n) is 5.67. The molecule has 0 unspecified atom stereocenters. The molecule has 2 aromatic heterocycles. The van der Waals surface area contributed by atoms with Gasteiger partial charge in [0, 0.05) is 19.3 Å². The van der Waals surface area contributed by atoms with Crippen LogP contribution in [-0.4, -0.2) is 40.8 Å². The Hall–Kier alpha value is -3.64. The zero-order valence-electron chi connectivity index (χ0n) is 17.8. The summed E-state index contributed by atoms with van der Waals surface area (Å²) in [5, 5.41) is 19.9. The summed E-state index contributed by atoms with van der Waals surface area (Å²) < 4.78 is 8.14. The number of benzene rings is 1. The minimum absolute atomic E-state index is 0.176. The van der Waals surface area contributed by atoms with Crippen LogP contribution in [0.25, 0.3) is 10.8 Å². The van der Waals surface area contributed by atoms with Crippen LogP contribution in [0.5, 0.6) is 0 Å². The van der Waals surface area contributed by atoms with Crippen molar-refractivity contribution in [2.75, 3.05) is 36.6 Å². The van der Waals surface area contributed by atoms with E-state index in [1.165, 1.54) is 15.4 Å². The van der Waals surface area contributed by atoms with E-state index < -0.39 is 0 Å². The van der Waals surface area contributed by atoms with Gasteiger partial charge in [0.2, 0.25) is 0 Å². The number of ether oxygens (including phenoxy) is 1. The van der Waals surface area contributed by atoms with E-state index in [0.29, 0.717) is 48.5 Å². The van der Waals surface area contributed by atoms with Crippen molar-refractivity contribution in [1.82, 2.24) is 14.5 Å². The predicted octanol–water partition coefficient (Wildman–Crippen LogP) is 1.42. The molecule has 0 aliphatic carbocycles. The number of fused-ring (bicyclic) bond motifs is 1. The van der Waals surface area contributed by atoms with E-state index in [-0.39, 0.29) is 17.2 Å². The number of nitriles is 1. The van der Waals surface area contributed by atoms with Crippen molar-refractivity contribution in [3.05, 3.63) is 67.9 Å². The normalized spacial score (nSPS) is 15.0. The molecular weight excluding hydrogens is 396 g/mol. The van der Waals surface area contributed by atoms with E-state index in [9.17, 15) is 14.9 Å². The first-order valence-corrected chi connectivity index (χ1v) is 10.1. The van der Waals surface area contributed by atoms with E-state index in [0.717, 1.165) is 11.1 Å². The molecule has 0 spiro atoms. The Morgan fingerprint density at radius 2 is 1.97 bits per heavy atom. The predicted molar refractivity (Wildman–Crippen MR) is 118 cm³/mol. The molecule has 31 heavy (non-hydrogen) atoms. The van der Waals surface area contributed by atoms with Crippen LogP contribution in [0.1, 0.15) is 29.7 Å². The third kappa shape index (κ3) is 3.78. The Kier molecular flexibility index (Phi) is 5.48. The number of nitrogens with one attached hydrogen (secondary N) is 1. The highest BCUT2D eigenvalue weighted by Crippen LogP contribution is 2.26. The van der Waals surface area contributed by atoms with Crippen molar-refractivity contribution in [3.63, 3.8) is 0 Å². The summed E-state index contributed by atoms with van der Waals surface area (Å²) in [7, 11) is 1.56. The lowest BCUT2D eigenvalue weighted by Crippen LogP contribution is -2.48. The van der Waals surface area contributed by atoms with Gasteiger partial charge in [-0.1, -0.05) is 12.1 Å². The Balaban J connectivity index is 1.82. The molecule has 0 saturated carbocycles. The molecule has 160 valence electrons. The zero-order valence-corrected chi connectivity index (χ0v) is 17.8. The number of nitrogens with zero attached hydrogens (tertiary/aromatic N) is 5. The highest BCUT2D eigenvalue weighted by Gasteiger charge is 2.19. The molecule has 9 heteroatoms. The van der Waals surface area contributed by atoms with Gasteiger partial charge in [0.1, 0.15) is 0 Å². The molecule has 1 N–H and O–H groups in total. The topological polar surface area (TPSA) is 105 Å². The second-order valence-corrected chi connectivity index (χ2v) is 7.62. The number of rotatable bonds is 4. The summed E-state index contributed by atoms with van der Waals surface area (Å²) >= 11 is 0. The van der Waals surface area contributed by atoms with Crippen LogP contribution in [0.3, 0.4) is 0 Å². The van der Waals surface area contributed by atoms with Gasteiger partial charge in [-0.3, -0.25) is 9.59 Å². The second kappa shape index (κ2) is 8.24. The van der Waals surface area contributed by atoms with Crippen LogP contribution in [0.4, 0.5) is 5.82 Å². The van der Waals surface area contributed by atoms with Crippen molar-refractivity contribution >= 4 is 16.6 Å². The Bertz CT molecular complexity index is 1300. The molecule has 1 atom stereocenters. The average Bonchev–Trinajstić information content (AvgIpc) is 2.77. The Morgan fingerprint density at radius 1 is 1.23 bits per heavy atom. The lowest BCUT2D eigenvalue weighted by atomic mass is 9.98. The maximum absolute atomic E-state index is 12.7. The summed E-state index contributed by atoms with van der Waals surface area (Å²) in [6.45, 7) is 6.13. The number of hydrogen-bond acceptors (Lipinski definition) is 7. The Labute approximate surface area is 179 Å². The lowest BCUT2D eigenvalue weighted by molar-refractivity contribution is 0.111. The summed E-state index contributed by atoms with van der Waals surface area (Å²) in [5.41, 5.74) is 1.87. The SMILES string of the molecule is Cc1c(C#N)cccc1[C@H](C)Nc1nn(C)c(=O)c2cc(=O)n(N3CCOCC3)cc12. The molecule has 9 nitrogen and oxygen atoms in total. The summed E-state index contributed by atoms with van der Waals surface area (Å²) in [5.74, 6) is 0.494. The van der Waals surface area contributed by atoms with E-state index in [1.807, 2.05) is 31.0 Å². The number of pyridine rings is 1.